The van der Waals surface area contributed by atoms with Crippen molar-refractivity contribution in [3.63, 3.8) is 0 Å². The standard InChI is InChI=1S/C20H36N4O/c1-18(2)23-14-12-22(13-15-23)9-6-11-24-10-5-8-20(19(24)17-21)7-3-4-16-25-20/h18-19H,3-16H2,1-2H3/t19-,20-/m0/s1. The van der Waals surface area contributed by atoms with E-state index < -0.39 is 0 Å². The Morgan fingerprint density at radius 3 is 2.44 bits per heavy atom. The van der Waals surface area contributed by atoms with Crippen molar-refractivity contribution >= 4 is 0 Å². The summed E-state index contributed by atoms with van der Waals surface area (Å²) in [6.07, 6.45) is 6.84. The molecule has 0 saturated carbocycles. The minimum atomic E-state index is -0.172. The van der Waals surface area contributed by atoms with Gasteiger partial charge in [0.25, 0.3) is 0 Å². The third-order valence-corrected chi connectivity index (χ3v) is 6.47. The van der Waals surface area contributed by atoms with E-state index in [1.807, 2.05) is 0 Å². The third-order valence-electron chi connectivity index (χ3n) is 6.47. The van der Waals surface area contributed by atoms with Gasteiger partial charge in [0.05, 0.1) is 11.7 Å². The van der Waals surface area contributed by atoms with Crippen molar-refractivity contribution in [3.05, 3.63) is 0 Å². The lowest BCUT2D eigenvalue weighted by Crippen LogP contribution is -2.59. The molecule has 0 N–H and O–H groups in total. The molecule has 5 heteroatoms. The average Bonchev–Trinajstić information content (AvgIpc) is 2.63. The molecule has 0 amide bonds. The van der Waals surface area contributed by atoms with Gasteiger partial charge in [-0.2, -0.15) is 5.26 Å². The van der Waals surface area contributed by atoms with Gasteiger partial charge in [-0.15, -0.1) is 0 Å². The first-order valence-electron chi connectivity index (χ1n) is 10.4. The number of likely N-dealkylation sites (tertiary alicyclic amines) is 1. The molecule has 0 aromatic carbocycles. The van der Waals surface area contributed by atoms with Crippen molar-refractivity contribution in [2.24, 2.45) is 0 Å². The molecule has 5 nitrogen and oxygen atoms in total. The van der Waals surface area contributed by atoms with Crippen molar-refractivity contribution in [1.29, 1.82) is 5.26 Å². The Hall–Kier alpha value is -0.670. The quantitative estimate of drug-likeness (QED) is 0.763. The smallest absolute Gasteiger partial charge is 0.127 e. The average molecular weight is 349 g/mol. The molecule has 25 heavy (non-hydrogen) atoms. The molecule has 2 atom stereocenters. The Balaban J connectivity index is 1.45. The molecule has 0 bridgehead atoms. The highest BCUT2D eigenvalue weighted by Crippen LogP contribution is 2.38. The SMILES string of the molecule is CC(C)N1CCN(CCCN2CCC[C@@]3(CCCCO3)[C@@H]2C#N)CC1. The Bertz CT molecular complexity index is 442. The van der Waals surface area contributed by atoms with Crippen molar-refractivity contribution in [2.45, 2.75) is 70.1 Å². The van der Waals surface area contributed by atoms with Crippen LogP contribution in [-0.4, -0.2) is 84.8 Å². The first-order chi connectivity index (χ1) is 12.1. The van der Waals surface area contributed by atoms with Gasteiger partial charge in [-0.25, -0.2) is 0 Å². The van der Waals surface area contributed by atoms with Gasteiger partial charge in [-0.05, 0) is 65.5 Å². The minimum absolute atomic E-state index is 0.0423. The van der Waals surface area contributed by atoms with Gasteiger partial charge < -0.3 is 9.64 Å². The predicted octanol–water partition coefficient (Wildman–Crippen LogP) is 2.33. The third kappa shape index (κ3) is 4.54. The van der Waals surface area contributed by atoms with Crippen molar-refractivity contribution in [2.75, 3.05) is 52.4 Å². The summed E-state index contributed by atoms with van der Waals surface area (Å²) in [4.78, 5) is 7.58. The Morgan fingerprint density at radius 2 is 1.80 bits per heavy atom. The molecule has 3 fully saturated rings. The maximum Gasteiger partial charge on any atom is 0.127 e. The number of piperazine rings is 1. The predicted molar refractivity (Wildman–Crippen MR) is 101 cm³/mol. The summed E-state index contributed by atoms with van der Waals surface area (Å²) in [5.74, 6) is 0. The second kappa shape index (κ2) is 8.81. The Morgan fingerprint density at radius 1 is 1.04 bits per heavy atom. The van der Waals surface area contributed by atoms with Crippen molar-refractivity contribution in [1.82, 2.24) is 14.7 Å². The van der Waals surface area contributed by atoms with Gasteiger partial charge in [0.15, 0.2) is 0 Å². The van der Waals surface area contributed by atoms with E-state index in [4.69, 9.17) is 4.74 Å². The van der Waals surface area contributed by atoms with Crippen LogP contribution in [0.15, 0.2) is 0 Å². The number of nitriles is 1. The lowest BCUT2D eigenvalue weighted by atomic mass is 9.79. The molecule has 0 aromatic rings. The number of rotatable bonds is 5. The first kappa shape index (κ1) is 19.1. The van der Waals surface area contributed by atoms with E-state index in [0.29, 0.717) is 6.04 Å². The molecule has 3 aliphatic heterocycles. The summed E-state index contributed by atoms with van der Waals surface area (Å²) >= 11 is 0. The second-order valence-electron chi connectivity index (χ2n) is 8.37. The molecule has 3 saturated heterocycles. The molecular formula is C20H36N4O. The highest BCUT2D eigenvalue weighted by molar-refractivity contribution is 5.10. The maximum atomic E-state index is 9.82. The molecule has 0 aliphatic carbocycles. The normalized spacial score (nSPS) is 33.0. The van der Waals surface area contributed by atoms with Crippen LogP contribution in [0.25, 0.3) is 0 Å². The second-order valence-corrected chi connectivity index (χ2v) is 8.37. The number of nitrogens with zero attached hydrogens (tertiary/aromatic N) is 4. The molecule has 1 spiro atoms. The van der Waals surface area contributed by atoms with Gasteiger partial charge in [-0.3, -0.25) is 9.80 Å². The summed E-state index contributed by atoms with van der Waals surface area (Å²) in [7, 11) is 0. The summed E-state index contributed by atoms with van der Waals surface area (Å²) in [5.41, 5.74) is -0.172. The van der Waals surface area contributed by atoms with E-state index in [9.17, 15) is 5.26 Å². The lowest BCUT2D eigenvalue weighted by Gasteiger charge is -2.48. The largest absolute Gasteiger partial charge is 0.372 e. The molecule has 3 rings (SSSR count). The fourth-order valence-corrected chi connectivity index (χ4v) is 4.91. The Kier molecular flexibility index (Phi) is 6.73. The van der Waals surface area contributed by atoms with E-state index in [1.54, 1.807) is 0 Å². The van der Waals surface area contributed by atoms with Crippen LogP contribution in [0.3, 0.4) is 0 Å². The number of hydrogen-bond donors (Lipinski definition) is 0. The zero-order chi connectivity index (χ0) is 17.7. The van der Waals surface area contributed by atoms with Gasteiger partial charge in [-0.1, -0.05) is 0 Å². The van der Waals surface area contributed by atoms with Crippen LogP contribution in [0, 0.1) is 11.3 Å². The van der Waals surface area contributed by atoms with Crippen LogP contribution in [-0.2, 0) is 4.74 Å². The first-order valence-corrected chi connectivity index (χ1v) is 10.4. The van der Waals surface area contributed by atoms with Crippen LogP contribution < -0.4 is 0 Å². The monoisotopic (exact) mass is 348 g/mol. The molecule has 0 aromatic heterocycles. The fraction of sp³-hybridized carbons (Fsp3) is 0.950. The van der Waals surface area contributed by atoms with Gasteiger partial charge in [0.2, 0.25) is 0 Å². The molecule has 3 aliphatic rings. The van der Waals surface area contributed by atoms with E-state index >= 15 is 0 Å². The highest BCUT2D eigenvalue weighted by Gasteiger charge is 2.46. The topological polar surface area (TPSA) is 42.7 Å². The van der Waals surface area contributed by atoms with E-state index in [1.165, 1.54) is 39.0 Å². The van der Waals surface area contributed by atoms with E-state index in [2.05, 4.69) is 34.6 Å². The maximum absolute atomic E-state index is 9.82. The van der Waals surface area contributed by atoms with E-state index in [0.717, 1.165) is 51.9 Å². The van der Waals surface area contributed by atoms with Gasteiger partial charge in [0, 0.05) is 45.4 Å². The summed E-state index contributed by atoms with van der Waals surface area (Å²) in [6.45, 7) is 13.4. The minimum Gasteiger partial charge on any atom is -0.372 e. The van der Waals surface area contributed by atoms with Crippen LogP contribution >= 0.6 is 0 Å². The fourth-order valence-electron chi connectivity index (χ4n) is 4.91. The summed E-state index contributed by atoms with van der Waals surface area (Å²) < 4.78 is 6.19. The zero-order valence-electron chi connectivity index (χ0n) is 16.3. The Labute approximate surface area is 153 Å². The van der Waals surface area contributed by atoms with Crippen LogP contribution in [0.5, 0.6) is 0 Å². The van der Waals surface area contributed by atoms with Crippen LogP contribution in [0.1, 0.15) is 52.4 Å². The number of ether oxygens (including phenoxy) is 1. The van der Waals surface area contributed by atoms with Gasteiger partial charge >= 0.3 is 0 Å². The summed E-state index contributed by atoms with van der Waals surface area (Å²) in [5, 5.41) is 9.82. The van der Waals surface area contributed by atoms with Crippen molar-refractivity contribution in [3.8, 4) is 6.07 Å². The van der Waals surface area contributed by atoms with Crippen molar-refractivity contribution < 1.29 is 4.74 Å². The highest BCUT2D eigenvalue weighted by atomic mass is 16.5. The molecule has 0 unspecified atom stereocenters. The molecule has 3 heterocycles. The van der Waals surface area contributed by atoms with Gasteiger partial charge in [0.1, 0.15) is 6.04 Å². The van der Waals surface area contributed by atoms with Crippen LogP contribution in [0.2, 0.25) is 0 Å². The number of piperidine rings is 1. The molecular weight excluding hydrogens is 312 g/mol. The molecule has 142 valence electrons. The van der Waals surface area contributed by atoms with Crippen LogP contribution in [0.4, 0.5) is 0 Å². The molecule has 0 radical (unpaired) electrons. The lowest BCUT2D eigenvalue weighted by molar-refractivity contribution is -0.136. The summed E-state index contributed by atoms with van der Waals surface area (Å²) in [6, 6.07) is 3.22. The zero-order valence-corrected chi connectivity index (χ0v) is 16.3. The number of hydrogen-bond acceptors (Lipinski definition) is 5. The van der Waals surface area contributed by atoms with E-state index in [-0.39, 0.29) is 11.6 Å².